The Bertz CT molecular complexity index is 533. The van der Waals surface area contributed by atoms with Gasteiger partial charge in [-0.25, -0.2) is 0 Å². The first-order chi connectivity index (χ1) is 8.77. The van der Waals surface area contributed by atoms with Crippen LogP contribution in [0.2, 0.25) is 0 Å². The Morgan fingerprint density at radius 2 is 1.78 bits per heavy atom. The number of carbonyl (C=O) groups is 2. The summed E-state index contributed by atoms with van der Waals surface area (Å²) in [5, 5.41) is 0. The van der Waals surface area contributed by atoms with Crippen LogP contribution in [0.4, 0.5) is 0 Å². The summed E-state index contributed by atoms with van der Waals surface area (Å²) in [7, 11) is 0. The summed E-state index contributed by atoms with van der Waals surface area (Å²) in [6.07, 6.45) is 10.0. The highest BCUT2D eigenvalue weighted by atomic mass is 16.1. The monoisotopic (exact) mass is 238 g/mol. The molecule has 1 aliphatic carbocycles. The van der Waals surface area contributed by atoms with Crippen molar-refractivity contribution in [3.05, 3.63) is 71.8 Å². The summed E-state index contributed by atoms with van der Waals surface area (Å²) in [6, 6.07) is 8.90. The van der Waals surface area contributed by atoms with Crippen molar-refractivity contribution in [3.8, 4) is 0 Å². The largest absolute Gasteiger partial charge is 0.294 e. The molecule has 0 heterocycles. The van der Waals surface area contributed by atoms with Crippen LogP contribution in [-0.4, -0.2) is 11.6 Å². The molecule has 2 nitrogen and oxygen atoms in total. The number of ketones is 2. The number of rotatable bonds is 4. The van der Waals surface area contributed by atoms with Crippen LogP contribution < -0.4 is 0 Å². The molecule has 0 radical (unpaired) electrons. The molecule has 90 valence electrons. The van der Waals surface area contributed by atoms with Crippen LogP contribution in [0.1, 0.15) is 23.2 Å². The van der Waals surface area contributed by atoms with Gasteiger partial charge >= 0.3 is 0 Å². The van der Waals surface area contributed by atoms with Gasteiger partial charge in [0.15, 0.2) is 11.6 Å². The van der Waals surface area contributed by atoms with Crippen molar-refractivity contribution in [3.63, 3.8) is 0 Å². The van der Waals surface area contributed by atoms with E-state index in [0.717, 1.165) is 6.42 Å². The number of benzene rings is 1. The molecule has 0 unspecified atom stereocenters. The van der Waals surface area contributed by atoms with Crippen molar-refractivity contribution in [2.45, 2.75) is 12.8 Å². The van der Waals surface area contributed by atoms with E-state index in [1.54, 1.807) is 36.4 Å². The van der Waals surface area contributed by atoms with E-state index in [9.17, 15) is 9.59 Å². The molecule has 0 spiro atoms. The van der Waals surface area contributed by atoms with Gasteiger partial charge in [-0.05, 0) is 6.42 Å². The summed E-state index contributed by atoms with van der Waals surface area (Å²) < 4.78 is 0. The minimum atomic E-state index is -0.136. The van der Waals surface area contributed by atoms with Crippen molar-refractivity contribution >= 4 is 11.6 Å². The Hall–Kier alpha value is -2.22. The van der Waals surface area contributed by atoms with Crippen molar-refractivity contribution in [2.75, 3.05) is 0 Å². The van der Waals surface area contributed by atoms with Crippen molar-refractivity contribution in [2.24, 2.45) is 0 Å². The van der Waals surface area contributed by atoms with E-state index in [1.807, 2.05) is 24.3 Å². The first-order valence-electron chi connectivity index (χ1n) is 5.92. The van der Waals surface area contributed by atoms with Gasteiger partial charge in [0.1, 0.15) is 0 Å². The zero-order valence-corrected chi connectivity index (χ0v) is 10.0. The number of allylic oxidation sites excluding steroid dienone is 6. The van der Waals surface area contributed by atoms with Crippen molar-refractivity contribution < 1.29 is 9.59 Å². The maximum atomic E-state index is 12.0. The molecule has 0 aliphatic heterocycles. The van der Waals surface area contributed by atoms with Crippen LogP contribution in [0, 0.1) is 0 Å². The second-order valence-corrected chi connectivity index (χ2v) is 4.08. The molecule has 2 heteroatoms. The first-order valence-corrected chi connectivity index (χ1v) is 5.92. The molecule has 0 fully saturated rings. The molecule has 0 bridgehead atoms. The molecule has 0 atom stereocenters. The van der Waals surface area contributed by atoms with Crippen molar-refractivity contribution in [1.82, 2.24) is 0 Å². The van der Waals surface area contributed by atoms with Gasteiger partial charge < -0.3 is 0 Å². The van der Waals surface area contributed by atoms with E-state index in [-0.39, 0.29) is 18.0 Å². The highest BCUT2D eigenvalue weighted by molar-refractivity contribution is 6.14. The van der Waals surface area contributed by atoms with Gasteiger partial charge in [0.2, 0.25) is 0 Å². The van der Waals surface area contributed by atoms with E-state index < -0.39 is 0 Å². The summed E-state index contributed by atoms with van der Waals surface area (Å²) >= 11 is 0. The molecular formula is C16H14O2. The normalized spacial score (nSPS) is 13.9. The zero-order chi connectivity index (χ0) is 12.8. The number of hydrogen-bond acceptors (Lipinski definition) is 2. The Labute approximate surface area is 106 Å². The lowest BCUT2D eigenvalue weighted by Crippen LogP contribution is -2.09. The average molecular weight is 238 g/mol. The standard InChI is InChI=1S/C16H14O2/c17-15(13-8-4-1-2-5-9-13)12-16(18)14-10-6-3-7-11-14/h1,3-11H,2,12H2. The minimum absolute atomic E-state index is 0.0754. The maximum absolute atomic E-state index is 12.0. The first kappa shape index (κ1) is 12.2. The SMILES string of the molecule is O=C(CC(=O)c1ccccc1)C1=CC=CCC=C1. The summed E-state index contributed by atoms with van der Waals surface area (Å²) in [5.74, 6) is -0.269. The third-order valence-electron chi connectivity index (χ3n) is 2.72. The fraction of sp³-hybridized carbons (Fsp3) is 0.125. The third-order valence-corrected chi connectivity index (χ3v) is 2.72. The Morgan fingerprint density at radius 3 is 2.56 bits per heavy atom. The van der Waals surface area contributed by atoms with Crippen LogP contribution in [0.3, 0.4) is 0 Å². The molecule has 0 N–H and O–H groups in total. The van der Waals surface area contributed by atoms with Gasteiger partial charge in [-0.3, -0.25) is 9.59 Å². The van der Waals surface area contributed by atoms with Gasteiger partial charge in [0.05, 0.1) is 6.42 Å². The number of hydrogen-bond donors (Lipinski definition) is 0. The Balaban J connectivity index is 2.06. The summed E-state index contributed by atoms with van der Waals surface area (Å²) in [4.78, 5) is 23.9. The van der Waals surface area contributed by atoms with E-state index in [2.05, 4.69) is 0 Å². The molecule has 1 aromatic carbocycles. The van der Waals surface area contributed by atoms with Crippen LogP contribution in [0.5, 0.6) is 0 Å². The van der Waals surface area contributed by atoms with Crippen LogP contribution in [0.25, 0.3) is 0 Å². The molecule has 0 saturated heterocycles. The van der Waals surface area contributed by atoms with E-state index in [4.69, 9.17) is 0 Å². The van der Waals surface area contributed by atoms with Crippen LogP contribution in [-0.2, 0) is 4.79 Å². The Kier molecular flexibility index (Phi) is 4.02. The predicted molar refractivity (Wildman–Crippen MR) is 71.4 cm³/mol. The highest BCUT2D eigenvalue weighted by Gasteiger charge is 2.13. The van der Waals surface area contributed by atoms with Gasteiger partial charge in [0, 0.05) is 11.1 Å². The lowest BCUT2D eigenvalue weighted by atomic mass is 10.0. The number of Topliss-reactive ketones (excluding diaryl/α,β-unsaturated/α-hetero) is 2. The van der Waals surface area contributed by atoms with E-state index >= 15 is 0 Å². The van der Waals surface area contributed by atoms with E-state index in [1.165, 1.54) is 0 Å². The van der Waals surface area contributed by atoms with Gasteiger partial charge in [-0.2, -0.15) is 0 Å². The Morgan fingerprint density at radius 1 is 1.00 bits per heavy atom. The molecule has 1 aliphatic rings. The smallest absolute Gasteiger partial charge is 0.170 e. The lowest BCUT2D eigenvalue weighted by molar-refractivity contribution is -0.114. The molecule has 0 amide bonds. The fourth-order valence-electron chi connectivity index (χ4n) is 1.74. The average Bonchev–Trinajstić information content (AvgIpc) is 2.68. The molecule has 0 saturated carbocycles. The lowest BCUT2D eigenvalue weighted by Gasteiger charge is -2.01. The predicted octanol–water partition coefficient (Wildman–Crippen LogP) is 3.27. The van der Waals surface area contributed by atoms with Gasteiger partial charge in [-0.1, -0.05) is 60.7 Å². The molecule has 2 rings (SSSR count). The van der Waals surface area contributed by atoms with Crippen molar-refractivity contribution in [1.29, 1.82) is 0 Å². The molecule has 18 heavy (non-hydrogen) atoms. The van der Waals surface area contributed by atoms with Gasteiger partial charge in [0.25, 0.3) is 0 Å². The summed E-state index contributed by atoms with van der Waals surface area (Å²) in [6.45, 7) is 0. The van der Waals surface area contributed by atoms with E-state index in [0.29, 0.717) is 11.1 Å². The highest BCUT2D eigenvalue weighted by Crippen LogP contribution is 2.11. The van der Waals surface area contributed by atoms with Crippen LogP contribution in [0.15, 0.2) is 66.3 Å². The quantitative estimate of drug-likeness (QED) is 0.596. The summed E-state index contributed by atoms with van der Waals surface area (Å²) in [5.41, 5.74) is 1.17. The zero-order valence-electron chi connectivity index (χ0n) is 10.0. The topological polar surface area (TPSA) is 34.1 Å². The second-order valence-electron chi connectivity index (χ2n) is 4.08. The van der Waals surface area contributed by atoms with Crippen LogP contribution >= 0.6 is 0 Å². The second kappa shape index (κ2) is 5.92. The molecule has 0 aromatic heterocycles. The fourth-order valence-corrected chi connectivity index (χ4v) is 1.74. The van der Waals surface area contributed by atoms with Gasteiger partial charge in [-0.15, -0.1) is 0 Å². The molecule has 1 aromatic rings. The minimum Gasteiger partial charge on any atom is -0.294 e. The maximum Gasteiger partial charge on any atom is 0.170 e. The number of carbonyl (C=O) groups excluding carboxylic acids is 2. The third kappa shape index (κ3) is 3.14. The molecular weight excluding hydrogens is 224 g/mol.